The molecular weight excluding hydrogens is 1240 g/mol. The van der Waals surface area contributed by atoms with Gasteiger partial charge in [-0.05, 0) is 174 Å². The predicted molar refractivity (Wildman–Crippen MR) is 393 cm³/mol. The van der Waals surface area contributed by atoms with Gasteiger partial charge in [0, 0.05) is 65.0 Å². The second-order valence-electron chi connectivity index (χ2n) is 26.3. The molecule has 91 heavy (non-hydrogen) atoms. The van der Waals surface area contributed by atoms with Crippen LogP contribution in [0, 0.1) is 0 Å². The number of hydrogen-bond acceptors (Lipinski definition) is 0. The molecule has 0 bridgehead atoms. The average molecular weight is 1380 g/mol. The van der Waals surface area contributed by atoms with Crippen molar-refractivity contribution < 1.29 is 44.3 Å². The molecule has 6 rings (SSSR count). The van der Waals surface area contributed by atoms with Crippen molar-refractivity contribution in [3.63, 3.8) is 0 Å². The van der Waals surface area contributed by atoms with Gasteiger partial charge in [0.15, 0.2) is 0 Å². The average Bonchev–Trinajstić information content (AvgIpc) is 1.69. The summed E-state index contributed by atoms with van der Waals surface area (Å²) in [5.41, 5.74) is 43.5. The fourth-order valence-electron chi connectivity index (χ4n) is 12.8. The fourth-order valence-corrected chi connectivity index (χ4v) is 14.2. The minimum absolute atomic E-state index is 0. The van der Waals surface area contributed by atoms with Gasteiger partial charge in [0.2, 0.25) is 22.8 Å². The zero-order chi connectivity index (χ0) is 64.8. The Bertz CT molecular complexity index is 2720. The third-order valence-electron chi connectivity index (χ3n) is 18.4. The third-order valence-corrected chi connectivity index (χ3v) is 19.8. The number of unbranched alkanes of at least 4 members (excludes halogenated alkanes) is 23. The molecule has 0 atom stereocenters. The zero-order valence-electron chi connectivity index (χ0n) is 60.1. The van der Waals surface area contributed by atoms with Crippen LogP contribution in [0.3, 0.4) is 0 Å². The summed E-state index contributed by atoms with van der Waals surface area (Å²) in [4.78, 5) is 0. The normalized spacial score (nSPS) is 13.2. The molecule has 4 nitrogen and oxygen atoms in total. The van der Waals surface area contributed by atoms with Gasteiger partial charge in [0.1, 0.15) is 0 Å². The second-order valence-corrected chi connectivity index (χ2v) is 27.8. The van der Waals surface area contributed by atoms with E-state index in [4.69, 9.17) is 0 Å². The first-order valence-corrected chi connectivity index (χ1v) is 39.3. The second kappa shape index (κ2) is 51.5. The number of benzene rings is 4. The van der Waals surface area contributed by atoms with E-state index in [9.17, 15) is 11.1 Å². The van der Waals surface area contributed by atoms with Crippen molar-refractivity contribution >= 4 is 22.8 Å². The van der Waals surface area contributed by atoms with E-state index in [2.05, 4.69) is 166 Å². The molecule has 2 aliphatic rings. The smallest absolute Gasteiger partial charge is 0 e. The van der Waals surface area contributed by atoms with Gasteiger partial charge < -0.3 is 11.1 Å². The summed E-state index contributed by atoms with van der Waals surface area (Å²) in [6.07, 6.45) is 50.8. The molecule has 4 aromatic carbocycles. The summed E-state index contributed by atoms with van der Waals surface area (Å²) in [5.74, 6) is 0. The van der Waals surface area contributed by atoms with Gasteiger partial charge >= 0.3 is 64.8 Å². The molecule has 0 spiro atoms. The van der Waals surface area contributed by atoms with Crippen molar-refractivity contribution in [2.45, 2.75) is 343 Å². The molecule has 4 aromatic rings. The molecule has 0 aromatic heterocycles. The Labute approximate surface area is 581 Å². The van der Waals surface area contributed by atoms with Crippen LogP contribution in [-0.4, -0.2) is 9.39 Å². The number of hydrogen-bond donors (Lipinski definition) is 0. The van der Waals surface area contributed by atoms with E-state index < -0.39 is 0 Å². The van der Waals surface area contributed by atoms with Crippen molar-refractivity contribution in [2.75, 3.05) is 0 Å². The van der Waals surface area contributed by atoms with Crippen LogP contribution in [0.1, 0.15) is 351 Å². The monoisotopic (exact) mass is 1370 g/mol. The van der Waals surface area contributed by atoms with Crippen LogP contribution in [0.5, 0.6) is 0 Å². The fraction of sp³-hybridized carbons (Fsp3) is 0.624. The largest absolute Gasteiger partial charge is 0 e. The molecule has 0 unspecified atom stereocenters. The van der Waals surface area contributed by atoms with Gasteiger partial charge in [0.25, 0.3) is 0 Å². The van der Waals surface area contributed by atoms with Crippen molar-refractivity contribution in [1.82, 2.24) is 0 Å². The molecule has 0 saturated heterocycles. The van der Waals surface area contributed by atoms with Crippen molar-refractivity contribution in [2.24, 2.45) is 0 Å². The van der Waals surface area contributed by atoms with E-state index in [0.29, 0.717) is 0 Å². The first-order valence-electron chi connectivity index (χ1n) is 37.9. The van der Waals surface area contributed by atoms with Gasteiger partial charge in [-0.15, -0.1) is 0 Å². The van der Waals surface area contributed by atoms with Crippen LogP contribution in [-0.2, 0) is 60.5 Å². The van der Waals surface area contributed by atoms with Crippen LogP contribution in [0.25, 0.3) is 33.9 Å². The van der Waals surface area contributed by atoms with Crippen molar-refractivity contribution in [3.8, 4) is 0 Å². The summed E-state index contributed by atoms with van der Waals surface area (Å²) in [5, 5.41) is 2.78. The first-order chi connectivity index (χ1) is 44.2. The van der Waals surface area contributed by atoms with Crippen LogP contribution in [0.15, 0.2) is 119 Å². The Morgan fingerprint density at radius 1 is 0.253 bits per heavy atom. The predicted octanol–water partition coefficient (Wildman–Crippen LogP) is 28.4. The van der Waals surface area contributed by atoms with Gasteiger partial charge in [-0.3, -0.25) is 0 Å². The summed E-state index contributed by atoms with van der Waals surface area (Å²) in [7, 11) is 0. The number of nitrogens with zero attached hydrogens (tertiary/aromatic N) is 4. The Morgan fingerprint density at radius 3 is 0.846 bits per heavy atom. The molecule has 2 aliphatic heterocycles. The molecule has 0 amide bonds. The van der Waals surface area contributed by atoms with E-state index in [1.165, 1.54) is 242 Å². The van der Waals surface area contributed by atoms with E-state index in [0.717, 1.165) is 122 Å². The van der Waals surface area contributed by atoms with E-state index in [-0.39, 0.29) is 20.4 Å². The maximum absolute atomic E-state index is 12.0. The Kier molecular flexibility index (Phi) is 46.1. The molecule has 0 N–H and O–H groups in total. The van der Waals surface area contributed by atoms with Gasteiger partial charge in [-0.1, -0.05) is 239 Å². The molecule has 0 saturated carbocycles. The third kappa shape index (κ3) is 29.8. The van der Waals surface area contributed by atoms with E-state index in [1.807, 2.05) is 14.4 Å². The number of aryl methyl sites for hydroxylation is 4. The Morgan fingerprint density at radius 2 is 0.505 bits per heavy atom. The first kappa shape index (κ1) is 81.4. The van der Waals surface area contributed by atoms with Gasteiger partial charge in [-0.25, -0.2) is 9.39 Å². The molecular formula is C85H132N4NiPd. The maximum atomic E-state index is 12.0. The molecule has 2 heterocycles. The van der Waals surface area contributed by atoms with Gasteiger partial charge in [-0.2, -0.15) is 0 Å². The number of rotatable bonds is 47. The van der Waals surface area contributed by atoms with E-state index >= 15 is 0 Å². The molecule has 0 radical (unpaired) electrons. The molecule has 0 aliphatic carbocycles. The van der Waals surface area contributed by atoms with Crippen LogP contribution in [0.2, 0.25) is 10.8 Å². The standard InChI is InChI=1S/C40H60N2.C37H54N2.2C4H9.Ni.Pd/c1-5-9-13-15-17-19-23-33-28-30-35(31-29-33)39-37(26-12-8-4)38(27-20-18-16-14-10-6-2)40(42(39)41)36-25-21-24-34(32-36)22-11-7-3;1-5-9-13-14-15-17-20-30-25-27-32(28-26-30)36-34(23-12-8-4)35(24-16-10-6-2)37(39(36)38)33-22-18-21-31(29-33)19-11-7-3;2*1-3-4-2;;/h21,24-25,28-32H,5-20,22-23,26-27H2,1-4H3;18,21-22,25-29H,5-17,19-20,23-24H2,1-4H3;2*1,3-4H2,2H3;;. The SMILES string of the molecule is CCCCCCCCC1=C(c2cccc(CCCC)c2)[N+](=[N-])C(c2ccc(CCCCCCCC)cc2)=C1CCCC.CCCCCCCCc1ccc(C2=C(CCCC)C(CCCCC)=C(c3cccc(CCCC)c3)[N+]2=[N-])cc1.CCC[CH2][Ni][CH2]CCC.[Pd]. The molecule has 6 heteroatoms. The molecule has 0 fully saturated rings. The minimum Gasteiger partial charge on any atom is 0 e. The topological polar surface area (TPSA) is 50.6 Å². The number of allylic oxidation sites excluding steroid dienone is 4. The maximum Gasteiger partial charge on any atom is 0 e. The van der Waals surface area contributed by atoms with Crippen molar-refractivity contribution in [1.29, 1.82) is 0 Å². The van der Waals surface area contributed by atoms with Crippen LogP contribution >= 0.6 is 0 Å². The summed E-state index contributed by atoms with van der Waals surface area (Å²) in [6.45, 7) is 22.7. The minimum atomic E-state index is 0. The van der Waals surface area contributed by atoms with Crippen LogP contribution in [0.4, 0.5) is 0 Å². The summed E-state index contributed by atoms with van der Waals surface area (Å²) < 4.78 is 3.12. The Balaban J connectivity index is 0.000000415. The molecule has 512 valence electrons. The zero-order valence-corrected chi connectivity index (χ0v) is 62.6. The quantitative estimate of drug-likeness (QED) is 0.0240. The summed E-state index contributed by atoms with van der Waals surface area (Å²) in [6, 6.07) is 36.1. The Hall–Kier alpha value is -3.80. The summed E-state index contributed by atoms with van der Waals surface area (Å²) >= 11 is 1.94. The van der Waals surface area contributed by atoms with Gasteiger partial charge in [0.05, 0.1) is 0 Å². The van der Waals surface area contributed by atoms with Crippen LogP contribution < -0.4 is 0 Å². The van der Waals surface area contributed by atoms with E-state index in [1.54, 1.807) is 9.39 Å². The van der Waals surface area contributed by atoms with Crippen molar-refractivity contribution in [3.05, 3.63) is 175 Å².